The third-order valence-corrected chi connectivity index (χ3v) is 3.63. The van der Waals surface area contributed by atoms with E-state index < -0.39 is 0 Å². The van der Waals surface area contributed by atoms with Crippen LogP contribution in [0.1, 0.15) is 53.4 Å². The molecule has 0 aliphatic carbocycles. The molecular formula is C14H28N2. The molecule has 16 heavy (non-hydrogen) atoms. The lowest BCUT2D eigenvalue weighted by Crippen LogP contribution is -2.33. The Morgan fingerprint density at radius 3 is 2.38 bits per heavy atom. The van der Waals surface area contributed by atoms with Crippen molar-refractivity contribution in [2.75, 3.05) is 13.1 Å². The lowest BCUT2D eigenvalue weighted by Gasteiger charge is -2.25. The quantitative estimate of drug-likeness (QED) is 0.777. The van der Waals surface area contributed by atoms with E-state index in [0.29, 0.717) is 0 Å². The summed E-state index contributed by atoms with van der Waals surface area (Å²) < 4.78 is 0. The van der Waals surface area contributed by atoms with Gasteiger partial charge >= 0.3 is 0 Å². The van der Waals surface area contributed by atoms with E-state index in [1.165, 1.54) is 25.1 Å². The van der Waals surface area contributed by atoms with E-state index in [0.717, 1.165) is 37.3 Å². The lowest BCUT2D eigenvalue weighted by atomic mass is 9.85. The van der Waals surface area contributed by atoms with Crippen molar-refractivity contribution >= 4 is 5.84 Å². The van der Waals surface area contributed by atoms with Gasteiger partial charge in [0.2, 0.25) is 0 Å². The van der Waals surface area contributed by atoms with Crippen LogP contribution in [0.5, 0.6) is 0 Å². The molecule has 1 heterocycles. The van der Waals surface area contributed by atoms with Crippen LogP contribution >= 0.6 is 0 Å². The van der Waals surface area contributed by atoms with Crippen LogP contribution in [0.4, 0.5) is 0 Å². The molecule has 0 aromatic heterocycles. The van der Waals surface area contributed by atoms with Gasteiger partial charge in [0.25, 0.3) is 0 Å². The van der Waals surface area contributed by atoms with E-state index in [4.69, 9.17) is 0 Å². The number of nitrogens with one attached hydrogen (secondary N) is 1. The molecule has 0 radical (unpaired) electrons. The molecule has 0 saturated carbocycles. The molecule has 1 aliphatic rings. The molecule has 1 rings (SSSR count). The number of aliphatic imine (C=N–C) groups is 1. The molecule has 0 amide bonds. The zero-order valence-electron chi connectivity index (χ0n) is 11.4. The van der Waals surface area contributed by atoms with Gasteiger partial charge in [0.05, 0.1) is 5.84 Å². The van der Waals surface area contributed by atoms with Crippen molar-refractivity contribution in [1.82, 2.24) is 5.32 Å². The van der Waals surface area contributed by atoms with Crippen LogP contribution < -0.4 is 5.32 Å². The van der Waals surface area contributed by atoms with Crippen LogP contribution in [-0.2, 0) is 0 Å². The fourth-order valence-corrected chi connectivity index (χ4v) is 2.50. The zero-order valence-corrected chi connectivity index (χ0v) is 11.4. The van der Waals surface area contributed by atoms with Gasteiger partial charge in [-0.15, -0.1) is 0 Å². The molecule has 0 fully saturated rings. The Morgan fingerprint density at radius 1 is 1.06 bits per heavy atom. The van der Waals surface area contributed by atoms with Gasteiger partial charge < -0.3 is 5.32 Å². The van der Waals surface area contributed by atoms with Crippen molar-refractivity contribution in [2.45, 2.75) is 53.4 Å². The average Bonchev–Trinajstić information content (AvgIpc) is 2.45. The van der Waals surface area contributed by atoms with Gasteiger partial charge in [-0.2, -0.15) is 0 Å². The van der Waals surface area contributed by atoms with Crippen LogP contribution in [0.3, 0.4) is 0 Å². The highest BCUT2D eigenvalue weighted by Gasteiger charge is 2.17. The zero-order chi connectivity index (χ0) is 12.0. The summed E-state index contributed by atoms with van der Waals surface area (Å²) in [6.07, 6.45) is 5.07. The fourth-order valence-electron chi connectivity index (χ4n) is 2.50. The topological polar surface area (TPSA) is 24.4 Å². The Kier molecular flexibility index (Phi) is 5.86. The van der Waals surface area contributed by atoms with Crippen molar-refractivity contribution < 1.29 is 0 Å². The minimum Gasteiger partial charge on any atom is -0.374 e. The first-order chi connectivity index (χ1) is 7.61. The van der Waals surface area contributed by atoms with Crippen molar-refractivity contribution in [3.05, 3.63) is 0 Å². The van der Waals surface area contributed by atoms with E-state index in [-0.39, 0.29) is 0 Å². The van der Waals surface area contributed by atoms with Crippen molar-refractivity contribution in [2.24, 2.45) is 22.7 Å². The van der Waals surface area contributed by atoms with Gasteiger partial charge in [-0.05, 0) is 30.6 Å². The minimum absolute atomic E-state index is 0.749. The highest BCUT2D eigenvalue weighted by molar-refractivity contribution is 5.82. The van der Waals surface area contributed by atoms with Crippen LogP contribution in [0.15, 0.2) is 4.99 Å². The smallest absolute Gasteiger partial charge is 0.0963 e. The van der Waals surface area contributed by atoms with Gasteiger partial charge in [0.1, 0.15) is 0 Å². The first-order valence-corrected chi connectivity index (χ1v) is 6.88. The first-order valence-electron chi connectivity index (χ1n) is 6.88. The molecule has 2 heteroatoms. The van der Waals surface area contributed by atoms with Crippen LogP contribution in [0.25, 0.3) is 0 Å². The molecule has 1 aliphatic heterocycles. The number of nitrogens with zero attached hydrogens (tertiary/aromatic N) is 1. The summed E-state index contributed by atoms with van der Waals surface area (Å²) in [5, 5.41) is 3.57. The molecule has 94 valence electrons. The molecule has 0 unspecified atom stereocenters. The fraction of sp³-hybridized carbons (Fsp3) is 0.929. The molecular weight excluding hydrogens is 196 g/mol. The number of hydrogen-bond acceptors (Lipinski definition) is 2. The Hall–Kier alpha value is -0.530. The van der Waals surface area contributed by atoms with E-state index in [1.54, 1.807) is 0 Å². The second-order valence-corrected chi connectivity index (χ2v) is 5.67. The lowest BCUT2D eigenvalue weighted by molar-refractivity contribution is 0.287. The monoisotopic (exact) mass is 224 g/mol. The largest absolute Gasteiger partial charge is 0.374 e. The summed E-state index contributed by atoms with van der Waals surface area (Å²) in [7, 11) is 0. The van der Waals surface area contributed by atoms with E-state index >= 15 is 0 Å². The van der Waals surface area contributed by atoms with Crippen molar-refractivity contribution in [1.29, 1.82) is 0 Å². The first kappa shape index (κ1) is 13.5. The predicted octanol–water partition coefficient (Wildman–Crippen LogP) is 3.48. The second-order valence-electron chi connectivity index (χ2n) is 5.67. The summed E-state index contributed by atoms with van der Waals surface area (Å²) in [5.74, 6) is 3.51. The summed E-state index contributed by atoms with van der Waals surface area (Å²) in [6.45, 7) is 11.4. The highest BCUT2D eigenvalue weighted by atomic mass is 15.0. The molecule has 0 bridgehead atoms. The maximum Gasteiger partial charge on any atom is 0.0963 e. The highest BCUT2D eigenvalue weighted by Crippen LogP contribution is 2.19. The minimum atomic E-state index is 0.749. The molecule has 1 N–H and O–H groups in total. The maximum atomic E-state index is 4.62. The Balaban J connectivity index is 2.38. The molecule has 0 spiro atoms. The van der Waals surface area contributed by atoms with Crippen LogP contribution in [0, 0.1) is 17.8 Å². The van der Waals surface area contributed by atoms with Crippen LogP contribution in [-0.4, -0.2) is 18.9 Å². The summed E-state index contributed by atoms with van der Waals surface area (Å²) >= 11 is 0. The normalized spacial score (nSPS) is 17.8. The summed E-state index contributed by atoms with van der Waals surface area (Å²) in [4.78, 5) is 4.62. The standard InChI is InChI=1S/C14H28N2/c1-11(2)13(12(3)4)10-16-14-8-6-5-7-9-15-14/h11-13H,5-10H2,1-4H3,(H,15,16). The van der Waals surface area contributed by atoms with Gasteiger partial charge in [-0.3, -0.25) is 4.99 Å². The van der Waals surface area contributed by atoms with E-state index in [1.807, 2.05) is 0 Å². The number of amidine groups is 1. The number of hydrogen-bond donors (Lipinski definition) is 1. The maximum absolute atomic E-state index is 4.62. The van der Waals surface area contributed by atoms with Crippen LogP contribution in [0.2, 0.25) is 0 Å². The Morgan fingerprint density at radius 2 is 1.75 bits per heavy atom. The molecule has 0 aromatic carbocycles. The van der Waals surface area contributed by atoms with Crippen molar-refractivity contribution in [3.63, 3.8) is 0 Å². The van der Waals surface area contributed by atoms with Gasteiger partial charge in [0.15, 0.2) is 0 Å². The average molecular weight is 224 g/mol. The van der Waals surface area contributed by atoms with E-state index in [2.05, 4.69) is 38.0 Å². The summed E-state index contributed by atoms with van der Waals surface area (Å²) in [5.41, 5.74) is 0. The predicted molar refractivity (Wildman–Crippen MR) is 71.9 cm³/mol. The second kappa shape index (κ2) is 6.93. The number of rotatable bonds is 4. The van der Waals surface area contributed by atoms with Gasteiger partial charge in [0, 0.05) is 19.5 Å². The Labute approximate surface area is 101 Å². The molecule has 0 aromatic rings. The third-order valence-electron chi connectivity index (χ3n) is 3.63. The Bertz CT molecular complexity index is 211. The van der Waals surface area contributed by atoms with E-state index in [9.17, 15) is 0 Å². The third kappa shape index (κ3) is 4.54. The molecule has 0 atom stereocenters. The molecule has 2 nitrogen and oxygen atoms in total. The van der Waals surface area contributed by atoms with Gasteiger partial charge in [-0.1, -0.05) is 34.1 Å². The molecule has 0 saturated heterocycles. The summed E-state index contributed by atoms with van der Waals surface area (Å²) in [6, 6.07) is 0. The van der Waals surface area contributed by atoms with Crippen molar-refractivity contribution in [3.8, 4) is 0 Å². The van der Waals surface area contributed by atoms with Gasteiger partial charge in [-0.25, -0.2) is 0 Å². The SMILES string of the molecule is CC(C)C(CNC1=NCCCCC1)C(C)C.